The van der Waals surface area contributed by atoms with Crippen LogP contribution in [0.5, 0.6) is 5.75 Å². The van der Waals surface area contributed by atoms with E-state index in [2.05, 4.69) is 10.6 Å². The molecule has 8 nitrogen and oxygen atoms in total. The van der Waals surface area contributed by atoms with Gasteiger partial charge in [-0.1, -0.05) is 0 Å². The Labute approximate surface area is 141 Å². The minimum atomic E-state index is -0.290. The summed E-state index contributed by atoms with van der Waals surface area (Å²) in [5, 5.41) is 5.37. The topological polar surface area (TPSA) is 91.0 Å². The van der Waals surface area contributed by atoms with E-state index in [1.165, 1.54) is 18.9 Å². The van der Waals surface area contributed by atoms with Gasteiger partial charge in [0, 0.05) is 26.7 Å². The number of hydrogen-bond acceptors (Lipinski definition) is 5. The van der Waals surface area contributed by atoms with E-state index in [1.54, 1.807) is 44.2 Å². The van der Waals surface area contributed by atoms with Crippen molar-refractivity contribution in [2.75, 3.05) is 52.0 Å². The molecule has 3 amide bonds. The van der Waals surface area contributed by atoms with Crippen LogP contribution in [0.1, 0.15) is 6.92 Å². The number of methoxy groups -OCH3 is 1. The van der Waals surface area contributed by atoms with Crippen molar-refractivity contribution in [1.82, 2.24) is 9.80 Å². The molecule has 0 bridgehead atoms. The third-order valence-corrected chi connectivity index (χ3v) is 3.11. The molecular formula is C16H24N4O4. The Morgan fingerprint density at radius 1 is 1.08 bits per heavy atom. The summed E-state index contributed by atoms with van der Waals surface area (Å²) >= 11 is 0. The lowest BCUT2D eigenvalue weighted by atomic mass is 10.2. The zero-order chi connectivity index (χ0) is 18.3. The van der Waals surface area contributed by atoms with Crippen LogP contribution in [-0.2, 0) is 14.4 Å². The average Bonchev–Trinajstić information content (AvgIpc) is 2.46. The highest BCUT2D eigenvalue weighted by atomic mass is 16.5. The standard InChI is InChI=1S/C16H24N4O4/c1-11(21)17-12-6-7-14(24-5)13(8-12)18-15(22)9-20(4)10-16(23)19(2)3/h6-8H,9-10H2,1-5H3,(H,17,21)(H,18,22). The van der Waals surface area contributed by atoms with Crippen molar-refractivity contribution < 1.29 is 19.1 Å². The maximum atomic E-state index is 12.2. The fraction of sp³-hybridized carbons (Fsp3) is 0.438. The van der Waals surface area contributed by atoms with Crippen LogP contribution < -0.4 is 15.4 Å². The molecule has 0 saturated heterocycles. The molecule has 0 saturated carbocycles. The van der Waals surface area contributed by atoms with Gasteiger partial charge in [-0.05, 0) is 25.2 Å². The normalized spacial score (nSPS) is 10.2. The van der Waals surface area contributed by atoms with Crippen molar-refractivity contribution in [1.29, 1.82) is 0 Å². The van der Waals surface area contributed by atoms with Crippen LogP contribution in [0, 0.1) is 0 Å². The van der Waals surface area contributed by atoms with E-state index in [0.717, 1.165) is 0 Å². The van der Waals surface area contributed by atoms with Crippen molar-refractivity contribution in [3.05, 3.63) is 18.2 Å². The van der Waals surface area contributed by atoms with Crippen LogP contribution in [-0.4, -0.2) is 68.9 Å². The number of amides is 3. The highest BCUT2D eigenvalue weighted by molar-refractivity contribution is 5.96. The van der Waals surface area contributed by atoms with Crippen molar-refractivity contribution >= 4 is 29.1 Å². The molecule has 24 heavy (non-hydrogen) atoms. The number of carbonyl (C=O) groups is 3. The number of rotatable bonds is 7. The minimum Gasteiger partial charge on any atom is -0.495 e. The number of ether oxygens (including phenoxy) is 1. The highest BCUT2D eigenvalue weighted by Crippen LogP contribution is 2.27. The van der Waals surface area contributed by atoms with Crippen LogP contribution >= 0.6 is 0 Å². The lowest BCUT2D eigenvalue weighted by Crippen LogP contribution is -2.38. The van der Waals surface area contributed by atoms with Gasteiger partial charge in [0.2, 0.25) is 17.7 Å². The van der Waals surface area contributed by atoms with Gasteiger partial charge in [-0.2, -0.15) is 0 Å². The van der Waals surface area contributed by atoms with E-state index < -0.39 is 0 Å². The SMILES string of the molecule is COc1ccc(NC(C)=O)cc1NC(=O)CN(C)CC(=O)N(C)C. The lowest BCUT2D eigenvalue weighted by molar-refractivity contribution is -0.130. The number of likely N-dealkylation sites (N-methyl/N-ethyl adjacent to an activating group) is 2. The molecule has 1 rings (SSSR count). The Hall–Kier alpha value is -2.61. The molecule has 0 aliphatic rings. The fourth-order valence-electron chi connectivity index (χ4n) is 1.95. The largest absolute Gasteiger partial charge is 0.495 e. The van der Waals surface area contributed by atoms with Gasteiger partial charge in [-0.15, -0.1) is 0 Å². The predicted molar refractivity (Wildman–Crippen MR) is 92.1 cm³/mol. The molecule has 8 heteroatoms. The van der Waals surface area contributed by atoms with Crippen molar-refractivity contribution in [3.63, 3.8) is 0 Å². The van der Waals surface area contributed by atoms with E-state index in [-0.39, 0.29) is 30.8 Å². The molecular weight excluding hydrogens is 312 g/mol. The van der Waals surface area contributed by atoms with Crippen LogP contribution in [0.15, 0.2) is 18.2 Å². The molecule has 0 fully saturated rings. The van der Waals surface area contributed by atoms with Gasteiger partial charge >= 0.3 is 0 Å². The number of nitrogens with one attached hydrogen (secondary N) is 2. The first-order valence-corrected chi connectivity index (χ1v) is 7.37. The van der Waals surface area contributed by atoms with E-state index >= 15 is 0 Å². The van der Waals surface area contributed by atoms with Crippen LogP contribution in [0.25, 0.3) is 0 Å². The molecule has 2 N–H and O–H groups in total. The van der Waals surface area contributed by atoms with Gasteiger partial charge in [0.1, 0.15) is 5.75 Å². The van der Waals surface area contributed by atoms with Gasteiger partial charge in [-0.25, -0.2) is 0 Å². The summed E-state index contributed by atoms with van der Waals surface area (Å²) in [6, 6.07) is 4.95. The van der Waals surface area contributed by atoms with Crippen LogP contribution in [0.4, 0.5) is 11.4 Å². The zero-order valence-electron chi connectivity index (χ0n) is 14.7. The summed E-state index contributed by atoms with van der Waals surface area (Å²) in [6.45, 7) is 1.59. The summed E-state index contributed by atoms with van der Waals surface area (Å²) in [5.41, 5.74) is 0.996. The maximum absolute atomic E-state index is 12.2. The number of hydrogen-bond donors (Lipinski definition) is 2. The van der Waals surface area contributed by atoms with Crippen LogP contribution in [0.3, 0.4) is 0 Å². The summed E-state index contributed by atoms with van der Waals surface area (Å²) in [5.74, 6) is -0.110. The molecule has 0 spiro atoms. The zero-order valence-corrected chi connectivity index (χ0v) is 14.7. The van der Waals surface area contributed by atoms with E-state index in [9.17, 15) is 14.4 Å². The van der Waals surface area contributed by atoms with E-state index in [4.69, 9.17) is 4.74 Å². The maximum Gasteiger partial charge on any atom is 0.238 e. The smallest absolute Gasteiger partial charge is 0.238 e. The Balaban J connectivity index is 2.74. The second-order valence-electron chi connectivity index (χ2n) is 5.60. The molecule has 0 aromatic heterocycles. The van der Waals surface area contributed by atoms with Gasteiger partial charge in [0.15, 0.2) is 0 Å². The highest BCUT2D eigenvalue weighted by Gasteiger charge is 2.14. The van der Waals surface area contributed by atoms with Crippen LogP contribution in [0.2, 0.25) is 0 Å². The Kier molecular flexibility index (Phi) is 7.19. The molecule has 0 aliphatic carbocycles. The van der Waals surface area contributed by atoms with Crippen molar-refractivity contribution in [2.24, 2.45) is 0 Å². The first kappa shape index (κ1) is 19.4. The molecule has 0 radical (unpaired) electrons. The number of nitrogens with zero attached hydrogens (tertiary/aromatic N) is 2. The molecule has 0 unspecified atom stereocenters. The average molecular weight is 336 g/mol. The molecule has 0 aliphatic heterocycles. The lowest BCUT2D eigenvalue weighted by Gasteiger charge is -2.19. The Morgan fingerprint density at radius 3 is 2.29 bits per heavy atom. The van der Waals surface area contributed by atoms with Crippen molar-refractivity contribution in [2.45, 2.75) is 6.92 Å². The second-order valence-corrected chi connectivity index (χ2v) is 5.60. The summed E-state index contributed by atoms with van der Waals surface area (Å²) in [4.78, 5) is 38.0. The first-order chi connectivity index (χ1) is 11.2. The quantitative estimate of drug-likeness (QED) is 0.761. The number of carbonyl (C=O) groups excluding carboxylic acids is 3. The van der Waals surface area contributed by atoms with Crippen molar-refractivity contribution in [3.8, 4) is 5.75 Å². The first-order valence-electron chi connectivity index (χ1n) is 7.37. The molecule has 0 atom stereocenters. The molecule has 132 valence electrons. The molecule has 1 aromatic rings. The molecule has 1 aromatic carbocycles. The molecule has 0 heterocycles. The van der Waals surface area contributed by atoms with Gasteiger partial charge in [-0.3, -0.25) is 19.3 Å². The Bertz CT molecular complexity index is 616. The fourth-order valence-corrected chi connectivity index (χ4v) is 1.95. The predicted octanol–water partition coefficient (Wildman–Crippen LogP) is 0.612. The van der Waals surface area contributed by atoms with Gasteiger partial charge < -0.3 is 20.3 Å². The van der Waals surface area contributed by atoms with E-state index in [1.807, 2.05) is 0 Å². The number of anilines is 2. The second kappa shape index (κ2) is 8.88. The van der Waals surface area contributed by atoms with Gasteiger partial charge in [0.25, 0.3) is 0 Å². The minimum absolute atomic E-state index is 0.0487. The monoisotopic (exact) mass is 336 g/mol. The third kappa shape index (κ3) is 6.25. The third-order valence-electron chi connectivity index (χ3n) is 3.11. The summed E-state index contributed by atoms with van der Waals surface area (Å²) < 4.78 is 5.21. The van der Waals surface area contributed by atoms with E-state index in [0.29, 0.717) is 17.1 Å². The summed E-state index contributed by atoms with van der Waals surface area (Å²) in [6.07, 6.45) is 0. The summed E-state index contributed by atoms with van der Waals surface area (Å²) in [7, 11) is 6.50. The number of benzene rings is 1. The van der Waals surface area contributed by atoms with Gasteiger partial charge in [0.05, 0.1) is 25.9 Å². The Morgan fingerprint density at radius 2 is 1.75 bits per heavy atom.